The van der Waals surface area contributed by atoms with Crippen molar-refractivity contribution in [1.29, 1.82) is 0 Å². The highest BCUT2D eigenvalue weighted by molar-refractivity contribution is 6.43. The SMILES string of the molecule is NN=NC(NN)NC(N)Nc1cc(Cl)c(-c2ccc(Cl)c(Cl)c2)c(Cl)c1. The molecule has 26 heavy (non-hydrogen) atoms. The van der Waals surface area contributed by atoms with E-state index in [1.54, 1.807) is 30.3 Å². The first-order chi connectivity index (χ1) is 12.3. The summed E-state index contributed by atoms with van der Waals surface area (Å²) in [6.45, 7) is 0. The smallest absolute Gasteiger partial charge is 0.190 e. The molecule has 0 fully saturated rings. The Morgan fingerprint density at radius 2 is 1.58 bits per heavy atom. The molecule has 2 aromatic carbocycles. The number of rotatable bonds is 7. The van der Waals surface area contributed by atoms with Gasteiger partial charge in [0, 0.05) is 11.3 Å². The molecule has 0 amide bonds. The average Bonchev–Trinajstić information content (AvgIpc) is 2.57. The number of hydrogen-bond acceptors (Lipinski definition) is 7. The predicted molar refractivity (Wildman–Crippen MR) is 107 cm³/mol. The van der Waals surface area contributed by atoms with Crippen molar-refractivity contribution < 1.29 is 0 Å². The van der Waals surface area contributed by atoms with Crippen LogP contribution in [0, 0.1) is 0 Å². The summed E-state index contributed by atoms with van der Waals surface area (Å²) in [6, 6.07) is 8.47. The summed E-state index contributed by atoms with van der Waals surface area (Å²) in [4.78, 5) is 0. The summed E-state index contributed by atoms with van der Waals surface area (Å²) >= 11 is 24.8. The second kappa shape index (κ2) is 9.54. The van der Waals surface area contributed by atoms with Crippen molar-refractivity contribution in [3.05, 3.63) is 50.4 Å². The lowest BCUT2D eigenvalue weighted by Crippen LogP contribution is -2.55. The maximum absolute atomic E-state index is 6.38. The van der Waals surface area contributed by atoms with Gasteiger partial charge in [-0.05, 0) is 29.8 Å². The molecule has 0 heterocycles. The molecule has 0 radical (unpaired) electrons. The minimum atomic E-state index is -0.774. The molecule has 0 saturated heterocycles. The van der Waals surface area contributed by atoms with Crippen LogP contribution in [0.15, 0.2) is 40.7 Å². The Labute approximate surface area is 169 Å². The van der Waals surface area contributed by atoms with Crippen molar-refractivity contribution in [2.24, 2.45) is 27.8 Å². The van der Waals surface area contributed by atoms with Crippen molar-refractivity contribution in [2.75, 3.05) is 5.32 Å². The van der Waals surface area contributed by atoms with Crippen LogP contribution in [0.3, 0.4) is 0 Å². The van der Waals surface area contributed by atoms with Gasteiger partial charge in [-0.2, -0.15) is 0 Å². The Kier molecular flexibility index (Phi) is 7.69. The monoisotopic (exact) mass is 436 g/mol. The highest BCUT2D eigenvalue weighted by Gasteiger charge is 2.14. The number of benzene rings is 2. The van der Waals surface area contributed by atoms with E-state index in [2.05, 4.69) is 26.4 Å². The molecule has 0 aliphatic carbocycles. The third-order valence-corrected chi connectivity index (χ3v) is 4.59. The second-order valence-corrected chi connectivity index (χ2v) is 6.66. The van der Waals surface area contributed by atoms with E-state index in [-0.39, 0.29) is 0 Å². The predicted octanol–water partition coefficient (Wildman–Crippen LogP) is 3.28. The Hall–Kier alpha value is -1.36. The van der Waals surface area contributed by atoms with Crippen LogP contribution in [0.2, 0.25) is 20.1 Å². The van der Waals surface area contributed by atoms with Gasteiger partial charge in [-0.3, -0.25) is 11.6 Å². The Balaban J connectivity index is 2.22. The van der Waals surface area contributed by atoms with Crippen LogP contribution in [0.5, 0.6) is 0 Å². The fourth-order valence-corrected chi connectivity index (χ4v) is 3.16. The molecule has 0 bridgehead atoms. The molecule has 0 saturated carbocycles. The summed E-state index contributed by atoms with van der Waals surface area (Å²) in [5, 5.41) is 14.1. The van der Waals surface area contributed by atoms with Gasteiger partial charge < -0.3 is 11.2 Å². The lowest BCUT2D eigenvalue weighted by Gasteiger charge is -2.21. The molecule has 9 N–H and O–H groups in total. The zero-order valence-corrected chi connectivity index (χ0v) is 16.2. The van der Waals surface area contributed by atoms with Crippen LogP contribution in [-0.2, 0) is 0 Å². The van der Waals surface area contributed by atoms with Crippen LogP contribution < -0.4 is 33.5 Å². The second-order valence-electron chi connectivity index (χ2n) is 5.03. The van der Waals surface area contributed by atoms with Gasteiger partial charge in [-0.1, -0.05) is 57.7 Å². The number of nitrogens with one attached hydrogen (secondary N) is 3. The van der Waals surface area contributed by atoms with E-state index in [1.165, 1.54) is 0 Å². The van der Waals surface area contributed by atoms with E-state index < -0.39 is 12.6 Å². The molecular weight excluding hydrogens is 422 g/mol. The van der Waals surface area contributed by atoms with Gasteiger partial charge in [-0.25, -0.2) is 10.7 Å². The minimum Gasteiger partial charge on any atom is -0.358 e. The van der Waals surface area contributed by atoms with Crippen molar-refractivity contribution >= 4 is 52.1 Å². The summed E-state index contributed by atoms with van der Waals surface area (Å²) in [5.41, 5.74) is 10.2. The Morgan fingerprint density at radius 3 is 2.12 bits per heavy atom. The maximum atomic E-state index is 6.38. The van der Waals surface area contributed by atoms with Gasteiger partial charge in [0.2, 0.25) is 0 Å². The summed E-state index contributed by atoms with van der Waals surface area (Å²) in [7, 11) is 0. The van der Waals surface area contributed by atoms with E-state index >= 15 is 0 Å². The molecule has 0 spiro atoms. The van der Waals surface area contributed by atoms with E-state index in [1.807, 2.05) is 0 Å². The largest absolute Gasteiger partial charge is 0.358 e. The van der Waals surface area contributed by atoms with Gasteiger partial charge in [0.05, 0.1) is 20.1 Å². The van der Waals surface area contributed by atoms with Crippen LogP contribution in [0.4, 0.5) is 5.69 Å². The number of hydrazine groups is 1. The summed E-state index contributed by atoms with van der Waals surface area (Å²) < 4.78 is 0. The molecule has 2 atom stereocenters. The first-order valence-corrected chi connectivity index (χ1v) is 8.65. The van der Waals surface area contributed by atoms with E-state index in [0.29, 0.717) is 31.3 Å². The fourth-order valence-electron chi connectivity index (χ4n) is 2.16. The number of nitrogens with zero attached hydrogens (tertiary/aromatic N) is 2. The molecular formula is C14H16Cl4N8. The highest BCUT2D eigenvalue weighted by Crippen LogP contribution is 2.39. The van der Waals surface area contributed by atoms with Crippen molar-refractivity contribution in [1.82, 2.24) is 10.7 Å². The number of halogens is 4. The Morgan fingerprint density at radius 1 is 0.923 bits per heavy atom. The lowest BCUT2D eigenvalue weighted by molar-refractivity contribution is 0.392. The third kappa shape index (κ3) is 5.32. The molecule has 0 aromatic heterocycles. The zero-order chi connectivity index (χ0) is 19.3. The van der Waals surface area contributed by atoms with Crippen molar-refractivity contribution in [3.8, 4) is 11.1 Å². The van der Waals surface area contributed by atoms with Crippen LogP contribution in [0.25, 0.3) is 11.1 Å². The van der Waals surface area contributed by atoms with Crippen LogP contribution in [0.1, 0.15) is 0 Å². The van der Waals surface area contributed by atoms with E-state index in [9.17, 15) is 0 Å². The maximum Gasteiger partial charge on any atom is 0.190 e. The standard InChI is InChI=1S/C14H16Cl4N8/c15-8-2-1-6(3-9(8)16)12-10(17)4-7(5-11(12)18)22-13(19)23-14(24-20)25-26-21/h1-5,13-14,22-24H,19-20H2,(H2,21,25). The molecule has 2 rings (SSSR count). The normalized spacial score (nSPS) is 13.8. The highest BCUT2D eigenvalue weighted by atomic mass is 35.5. The van der Waals surface area contributed by atoms with E-state index in [4.69, 9.17) is 63.8 Å². The number of anilines is 1. The molecule has 8 nitrogen and oxygen atoms in total. The van der Waals surface area contributed by atoms with Crippen molar-refractivity contribution in [3.63, 3.8) is 0 Å². The van der Waals surface area contributed by atoms with E-state index in [0.717, 1.165) is 5.56 Å². The van der Waals surface area contributed by atoms with Gasteiger partial charge in [-0.15, -0.1) is 5.11 Å². The topological polar surface area (TPSA) is 139 Å². The molecule has 2 unspecified atom stereocenters. The average molecular weight is 438 g/mol. The number of nitrogens with two attached hydrogens (primary N) is 3. The first-order valence-electron chi connectivity index (χ1n) is 7.14. The molecule has 2 aromatic rings. The lowest BCUT2D eigenvalue weighted by atomic mass is 10.1. The number of hydrogen-bond donors (Lipinski definition) is 6. The molecule has 12 heteroatoms. The Bertz CT molecular complexity index is 778. The molecule has 140 valence electrons. The summed E-state index contributed by atoms with van der Waals surface area (Å²) in [5.74, 6) is 10.3. The van der Waals surface area contributed by atoms with Gasteiger partial charge in [0.15, 0.2) is 6.29 Å². The first kappa shape index (κ1) is 20.9. The van der Waals surface area contributed by atoms with Crippen LogP contribution >= 0.6 is 46.4 Å². The van der Waals surface area contributed by atoms with Crippen molar-refractivity contribution in [2.45, 2.75) is 12.6 Å². The van der Waals surface area contributed by atoms with Crippen LogP contribution in [-0.4, -0.2) is 12.6 Å². The molecule has 0 aliphatic heterocycles. The quantitative estimate of drug-likeness (QED) is 0.170. The minimum absolute atomic E-state index is 0.402. The zero-order valence-electron chi connectivity index (χ0n) is 13.2. The van der Waals surface area contributed by atoms with Gasteiger partial charge in [0.1, 0.15) is 6.29 Å². The van der Waals surface area contributed by atoms with Gasteiger partial charge in [0.25, 0.3) is 0 Å². The third-order valence-electron chi connectivity index (χ3n) is 3.25. The summed E-state index contributed by atoms with van der Waals surface area (Å²) in [6.07, 6.45) is -1.52. The molecule has 0 aliphatic rings. The van der Waals surface area contributed by atoms with Gasteiger partial charge >= 0.3 is 0 Å². The fraction of sp³-hybridized carbons (Fsp3) is 0.143.